The topological polar surface area (TPSA) is 52.3 Å². The van der Waals surface area contributed by atoms with E-state index in [1.807, 2.05) is 0 Å². The Hall–Kier alpha value is -1.55. The molecule has 0 atom stereocenters. The molecule has 0 aliphatic carbocycles. The van der Waals surface area contributed by atoms with Crippen molar-refractivity contribution in [2.24, 2.45) is 0 Å². The molecule has 1 aromatic rings. The van der Waals surface area contributed by atoms with Crippen LogP contribution in [0.2, 0.25) is 0 Å². The Balaban J connectivity index is 3.20. The lowest BCUT2D eigenvalue weighted by Crippen LogP contribution is -2.08. The highest BCUT2D eigenvalue weighted by molar-refractivity contribution is 6.10. The number of hydrogen-bond donors (Lipinski definition) is 1. The zero-order valence-electron chi connectivity index (χ0n) is 7.62. The van der Waals surface area contributed by atoms with E-state index in [0.29, 0.717) is 17.7 Å². The highest BCUT2D eigenvalue weighted by Crippen LogP contribution is 2.18. The number of benzene rings is 1. The molecule has 0 heterocycles. The van der Waals surface area contributed by atoms with Gasteiger partial charge in [-0.1, -0.05) is 12.1 Å². The molecule has 0 saturated heterocycles. The van der Waals surface area contributed by atoms with Gasteiger partial charge in [-0.15, -0.1) is 6.58 Å². The number of nitrogens with two attached hydrogens (primary N) is 1. The molecule has 0 spiro atoms. The molecule has 0 aliphatic heterocycles. The van der Waals surface area contributed by atoms with Crippen LogP contribution >= 0.6 is 0 Å². The number of allylic oxidation sites excluding steroid dienone is 1. The SMILES string of the molecule is C=CCc1c(N)cccc1C(=O)O[Si]. The van der Waals surface area contributed by atoms with Crippen LogP contribution in [0.3, 0.4) is 0 Å². The third-order valence-corrected chi connectivity index (χ3v) is 2.06. The summed E-state index contributed by atoms with van der Waals surface area (Å²) in [5.74, 6) is -0.453. The van der Waals surface area contributed by atoms with Crippen LogP contribution in [0.1, 0.15) is 15.9 Å². The van der Waals surface area contributed by atoms with E-state index in [-0.39, 0.29) is 0 Å². The molecule has 0 aromatic heterocycles. The first-order chi connectivity index (χ1) is 6.70. The summed E-state index contributed by atoms with van der Waals surface area (Å²) in [6.07, 6.45) is 2.24. The van der Waals surface area contributed by atoms with Crippen molar-refractivity contribution < 1.29 is 9.22 Å². The van der Waals surface area contributed by atoms with E-state index in [0.717, 1.165) is 5.56 Å². The molecule has 14 heavy (non-hydrogen) atoms. The Morgan fingerprint density at radius 2 is 2.36 bits per heavy atom. The molecule has 3 nitrogen and oxygen atoms in total. The average molecular weight is 204 g/mol. The molecule has 0 saturated carbocycles. The number of carbonyl (C=O) groups excluding carboxylic acids is 1. The Morgan fingerprint density at radius 3 is 2.93 bits per heavy atom. The second kappa shape index (κ2) is 4.62. The van der Waals surface area contributed by atoms with Crippen molar-refractivity contribution in [2.45, 2.75) is 6.42 Å². The van der Waals surface area contributed by atoms with Crippen molar-refractivity contribution in [3.8, 4) is 0 Å². The van der Waals surface area contributed by atoms with Gasteiger partial charge in [0.15, 0.2) is 0 Å². The summed E-state index contributed by atoms with van der Waals surface area (Å²) >= 11 is 0. The minimum absolute atomic E-state index is 0.453. The molecule has 0 fully saturated rings. The number of rotatable bonds is 3. The van der Waals surface area contributed by atoms with Crippen LogP contribution in [0.25, 0.3) is 0 Å². The van der Waals surface area contributed by atoms with Crippen molar-refractivity contribution >= 4 is 22.1 Å². The van der Waals surface area contributed by atoms with Gasteiger partial charge in [-0.05, 0) is 24.1 Å². The van der Waals surface area contributed by atoms with E-state index in [4.69, 9.17) is 5.73 Å². The lowest BCUT2D eigenvalue weighted by atomic mass is 10.0. The summed E-state index contributed by atoms with van der Waals surface area (Å²) in [4.78, 5) is 11.3. The summed E-state index contributed by atoms with van der Waals surface area (Å²) in [5, 5.41) is 0. The van der Waals surface area contributed by atoms with Gasteiger partial charge >= 0.3 is 16.5 Å². The highest BCUT2D eigenvalue weighted by Gasteiger charge is 2.12. The van der Waals surface area contributed by atoms with Crippen molar-refractivity contribution in [1.82, 2.24) is 0 Å². The number of hydrogen-bond acceptors (Lipinski definition) is 3. The summed E-state index contributed by atoms with van der Waals surface area (Å²) in [5.41, 5.74) is 7.50. The van der Waals surface area contributed by atoms with Crippen LogP contribution in [0.5, 0.6) is 0 Å². The predicted octanol–water partition coefficient (Wildman–Crippen LogP) is 1.24. The monoisotopic (exact) mass is 204 g/mol. The predicted molar refractivity (Wildman–Crippen MR) is 55.9 cm³/mol. The van der Waals surface area contributed by atoms with Crippen molar-refractivity contribution in [1.29, 1.82) is 0 Å². The lowest BCUT2D eigenvalue weighted by molar-refractivity contribution is 0.0748. The normalized spacial score (nSPS) is 9.50. The quantitative estimate of drug-likeness (QED) is 0.458. The zero-order valence-corrected chi connectivity index (χ0v) is 8.62. The van der Waals surface area contributed by atoms with Crippen LogP contribution < -0.4 is 5.73 Å². The first-order valence-electron chi connectivity index (χ1n) is 4.07. The Labute approximate surface area is 86.1 Å². The Bertz CT molecular complexity index is 363. The summed E-state index contributed by atoms with van der Waals surface area (Å²) < 4.78 is 4.46. The first-order valence-corrected chi connectivity index (χ1v) is 4.47. The highest BCUT2D eigenvalue weighted by atomic mass is 28.2. The van der Waals surface area contributed by atoms with Crippen LogP contribution in [0.4, 0.5) is 5.69 Å². The van der Waals surface area contributed by atoms with E-state index in [1.54, 1.807) is 24.3 Å². The van der Waals surface area contributed by atoms with E-state index in [9.17, 15) is 4.79 Å². The minimum atomic E-state index is -0.453. The Kier molecular flexibility index (Phi) is 3.47. The number of anilines is 1. The Morgan fingerprint density at radius 1 is 1.64 bits per heavy atom. The fourth-order valence-electron chi connectivity index (χ4n) is 1.22. The molecule has 71 valence electrons. The van der Waals surface area contributed by atoms with Gasteiger partial charge in [-0.25, -0.2) is 4.79 Å². The van der Waals surface area contributed by atoms with Crippen molar-refractivity contribution in [3.63, 3.8) is 0 Å². The van der Waals surface area contributed by atoms with Gasteiger partial charge in [-0.2, -0.15) is 0 Å². The van der Waals surface area contributed by atoms with E-state index >= 15 is 0 Å². The van der Waals surface area contributed by atoms with E-state index in [2.05, 4.69) is 21.5 Å². The van der Waals surface area contributed by atoms with Gasteiger partial charge in [-0.3, -0.25) is 0 Å². The van der Waals surface area contributed by atoms with Gasteiger partial charge in [0.25, 0.3) is 0 Å². The van der Waals surface area contributed by atoms with Gasteiger partial charge in [0.2, 0.25) is 0 Å². The second-order valence-electron chi connectivity index (χ2n) is 2.76. The van der Waals surface area contributed by atoms with Gasteiger partial charge in [0.1, 0.15) is 0 Å². The molecule has 0 amide bonds. The van der Waals surface area contributed by atoms with Gasteiger partial charge < -0.3 is 10.2 Å². The van der Waals surface area contributed by atoms with Crippen molar-refractivity contribution in [2.75, 3.05) is 5.73 Å². The molecule has 1 aromatic carbocycles. The maximum absolute atomic E-state index is 11.3. The zero-order chi connectivity index (χ0) is 10.6. The molecule has 0 aliphatic rings. The van der Waals surface area contributed by atoms with Crippen LogP contribution in [0.15, 0.2) is 30.9 Å². The molecule has 2 N–H and O–H groups in total. The maximum Gasteiger partial charge on any atom is 0.345 e. The average Bonchev–Trinajstić information content (AvgIpc) is 2.20. The second-order valence-corrected chi connectivity index (χ2v) is 2.96. The number of carbonyl (C=O) groups is 1. The summed E-state index contributed by atoms with van der Waals surface area (Å²) in [6.45, 7) is 3.60. The van der Waals surface area contributed by atoms with Crippen LogP contribution in [-0.2, 0) is 10.8 Å². The molecular weight excluding hydrogens is 194 g/mol. The molecule has 0 bridgehead atoms. The minimum Gasteiger partial charge on any atom is -0.513 e. The molecule has 4 heteroatoms. The molecule has 3 radical (unpaired) electrons. The number of nitrogen functional groups attached to an aromatic ring is 1. The van der Waals surface area contributed by atoms with Crippen LogP contribution in [0, 0.1) is 0 Å². The molecule has 1 rings (SSSR count). The van der Waals surface area contributed by atoms with Crippen LogP contribution in [-0.4, -0.2) is 16.5 Å². The van der Waals surface area contributed by atoms with Gasteiger partial charge in [0.05, 0.1) is 5.56 Å². The van der Waals surface area contributed by atoms with E-state index in [1.165, 1.54) is 0 Å². The fourth-order valence-corrected chi connectivity index (χ4v) is 1.33. The van der Waals surface area contributed by atoms with Gasteiger partial charge in [0, 0.05) is 5.69 Å². The third-order valence-electron chi connectivity index (χ3n) is 1.87. The lowest BCUT2D eigenvalue weighted by Gasteiger charge is -2.08. The molecule has 0 unspecified atom stereocenters. The largest absolute Gasteiger partial charge is 0.513 e. The first kappa shape index (κ1) is 10.5. The summed E-state index contributed by atoms with van der Waals surface area (Å²) in [7, 11) is 2.69. The van der Waals surface area contributed by atoms with Crippen molar-refractivity contribution in [3.05, 3.63) is 42.0 Å². The molecular formula is C10H10NO2Si. The third kappa shape index (κ3) is 2.03. The maximum atomic E-state index is 11.3. The van der Waals surface area contributed by atoms with E-state index < -0.39 is 5.97 Å². The standard InChI is InChI=1S/C10H10NO2Si/c1-2-4-7-8(10(12)13-14)5-3-6-9(7)11/h2-3,5-6H,1,4,11H2. The summed E-state index contributed by atoms with van der Waals surface area (Å²) in [6, 6.07) is 5.11. The smallest absolute Gasteiger partial charge is 0.345 e. The fraction of sp³-hybridized carbons (Fsp3) is 0.100.